The van der Waals surface area contributed by atoms with Gasteiger partial charge < -0.3 is 4.74 Å². The molecule has 1 atom stereocenters. The van der Waals surface area contributed by atoms with E-state index in [2.05, 4.69) is 26.2 Å². The van der Waals surface area contributed by atoms with Crippen LogP contribution in [0.15, 0.2) is 5.38 Å². The first-order valence-corrected chi connectivity index (χ1v) is 8.19. The third-order valence-electron chi connectivity index (χ3n) is 4.11. The number of hydrogen-bond acceptors (Lipinski definition) is 3. The zero-order chi connectivity index (χ0) is 13.0. The second-order valence-electron chi connectivity index (χ2n) is 5.37. The first kappa shape index (κ1) is 14.0. The smallest absolute Gasteiger partial charge is 0.125 e. The molecule has 2 rings (SSSR count). The number of aromatic nitrogens is 1. The van der Waals surface area contributed by atoms with Crippen molar-refractivity contribution in [3.05, 3.63) is 16.1 Å². The van der Waals surface area contributed by atoms with Crippen LogP contribution >= 0.6 is 11.3 Å². The normalized spacial score (nSPS) is 20.8. The van der Waals surface area contributed by atoms with Gasteiger partial charge in [-0.25, -0.2) is 4.98 Å². The molecule has 0 saturated heterocycles. The Hall–Kier alpha value is -0.410. The van der Waals surface area contributed by atoms with Crippen LogP contribution in [0.4, 0.5) is 0 Å². The van der Waals surface area contributed by atoms with E-state index >= 15 is 0 Å². The van der Waals surface area contributed by atoms with Gasteiger partial charge in [0, 0.05) is 12.0 Å². The van der Waals surface area contributed by atoms with Crippen molar-refractivity contribution in [2.75, 3.05) is 6.61 Å². The monoisotopic (exact) mass is 267 g/mol. The molecule has 102 valence electrons. The van der Waals surface area contributed by atoms with Crippen molar-refractivity contribution in [3.8, 4) is 0 Å². The highest BCUT2D eigenvalue weighted by atomic mass is 32.1. The summed E-state index contributed by atoms with van der Waals surface area (Å²) in [7, 11) is 0. The van der Waals surface area contributed by atoms with Crippen LogP contribution in [0.5, 0.6) is 0 Å². The number of ether oxygens (including phenoxy) is 1. The van der Waals surface area contributed by atoms with Crippen LogP contribution in [0, 0.1) is 0 Å². The molecule has 0 aliphatic heterocycles. The Morgan fingerprint density at radius 3 is 2.67 bits per heavy atom. The van der Waals surface area contributed by atoms with Gasteiger partial charge in [0.05, 0.1) is 5.69 Å². The van der Waals surface area contributed by atoms with Gasteiger partial charge in [-0.3, -0.25) is 0 Å². The lowest BCUT2D eigenvalue weighted by molar-refractivity contribution is -0.0705. The summed E-state index contributed by atoms with van der Waals surface area (Å²) in [5, 5.41) is 3.46. The second kappa shape index (κ2) is 6.16. The SMILES string of the molecule is CCOC1(c2nc(C(C)CC)cs2)CCCCC1. The standard InChI is InChI=1S/C15H25NOS/c1-4-12(3)13-11-18-14(16-13)15(17-5-2)9-7-6-8-10-15/h11-12H,4-10H2,1-3H3. The fraction of sp³-hybridized carbons (Fsp3) is 0.800. The minimum atomic E-state index is -0.0661. The Morgan fingerprint density at radius 1 is 1.33 bits per heavy atom. The Bertz CT molecular complexity index is 363. The maximum Gasteiger partial charge on any atom is 0.125 e. The highest BCUT2D eigenvalue weighted by Crippen LogP contribution is 2.42. The Morgan fingerprint density at radius 2 is 2.06 bits per heavy atom. The molecule has 1 heterocycles. The van der Waals surface area contributed by atoms with E-state index in [1.54, 1.807) is 11.3 Å². The highest BCUT2D eigenvalue weighted by molar-refractivity contribution is 7.09. The van der Waals surface area contributed by atoms with Crippen LogP contribution in [0.25, 0.3) is 0 Å². The lowest BCUT2D eigenvalue weighted by Crippen LogP contribution is -2.32. The van der Waals surface area contributed by atoms with Crippen LogP contribution in [0.2, 0.25) is 0 Å². The molecule has 0 bridgehead atoms. The minimum Gasteiger partial charge on any atom is -0.368 e. The predicted molar refractivity (Wildman–Crippen MR) is 77.2 cm³/mol. The Kier molecular flexibility index (Phi) is 4.79. The van der Waals surface area contributed by atoms with Crippen molar-refractivity contribution >= 4 is 11.3 Å². The van der Waals surface area contributed by atoms with Gasteiger partial charge in [-0.1, -0.05) is 33.1 Å². The van der Waals surface area contributed by atoms with Gasteiger partial charge in [-0.05, 0) is 32.1 Å². The zero-order valence-corrected chi connectivity index (χ0v) is 12.7. The number of thiazole rings is 1. The van der Waals surface area contributed by atoms with Crippen LogP contribution in [-0.2, 0) is 10.3 Å². The maximum atomic E-state index is 6.13. The van der Waals surface area contributed by atoms with Crippen LogP contribution in [0.3, 0.4) is 0 Å². The molecule has 0 aromatic carbocycles. The van der Waals surface area contributed by atoms with E-state index in [0.29, 0.717) is 5.92 Å². The summed E-state index contributed by atoms with van der Waals surface area (Å²) in [4.78, 5) is 4.89. The van der Waals surface area contributed by atoms with E-state index in [4.69, 9.17) is 9.72 Å². The summed E-state index contributed by atoms with van der Waals surface area (Å²) in [6, 6.07) is 0. The molecule has 3 heteroatoms. The molecule has 1 aliphatic rings. The summed E-state index contributed by atoms with van der Waals surface area (Å²) in [6.07, 6.45) is 7.35. The molecule has 1 aromatic rings. The predicted octanol–water partition coefficient (Wildman–Crippen LogP) is 4.85. The summed E-state index contributed by atoms with van der Waals surface area (Å²) in [6.45, 7) is 7.37. The number of nitrogens with zero attached hydrogens (tertiary/aromatic N) is 1. The molecular weight excluding hydrogens is 242 g/mol. The first-order valence-electron chi connectivity index (χ1n) is 7.31. The van der Waals surface area contributed by atoms with Crippen LogP contribution < -0.4 is 0 Å². The molecule has 0 spiro atoms. The fourth-order valence-electron chi connectivity index (χ4n) is 2.75. The van der Waals surface area contributed by atoms with E-state index in [-0.39, 0.29) is 5.60 Å². The van der Waals surface area contributed by atoms with Crippen LogP contribution in [-0.4, -0.2) is 11.6 Å². The van der Waals surface area contributed by atoms with Crippen molar-refractivity contribution in [1.29, 1.82) is 0 Å². The van der Waals surface area contributed by atoms with Gasteiger partial charge >= 0.3 is 0 Å². The van der Waals surface area contributed by atoms with Gasteiger partial charge in [-0.15, -0.1) is 11.3 Å². The first-order chi connectivity index (χ1) is 8.72. The van der Waals surface area contributed by atoms with E-state index in [1.165, 1.54) is 30.0 Å². The summed E-state index contributed by atoms with van der Waals surface area (Å²) in [5.74, 6) is 0.567. The quantitative estimate of drug-likeness (QED) is 0.760. The molecule has 0 amide bonds. The molecule has 1 fully saturated rings. The van der Waals surface area contributed by atoms with Crippen molar-refractivity contribution in [3.63, 3.8) is 0 Å². The van der Waals surface area contributed by atoms with E-state index < -0.39 is 0 Å². The third kappa shape index (κ3) is 2.77. The summed E-state index contributed by atoms with van der Waals surface area (Å²) < 4.78 is 6.13. The molecule has 1 aromatic heterocycles. The maximum absolute atomic E-state index is 6.13. The number of rotatable bonds is 5. The molecule has 0 radical (unpaired) electrons. The highest BCUT2D eigenvalue weighted by Gasteiger charge is 2.37. The molecular formula is C15H25NOS. The number of hydrogen-bond donors (Lipinski definition) is 0. The van der Waals surface area contributed by atoms with E-state index in [0.717, 1.165) is 25.9 Å². The van der Waals surface area contributed by atoms with Gasteiger partial charge in [0.25, 0.3) is 0 Å². The van der Waals surface area contributed by atoms with Gasteiger partial charge in [0.1, 0.15) is 10.6 Å². The largest absolute Gasteiger partial charge is 0.368 e. The van der Waals surface area contributed by atoms with Crippen LogP contribution in [0.1, 0.15) is 75.9 Å². The van der Waals surface area contributed by atoms with Crippen molar-refractivity contribution in [2.45, 2.75) is 70.8 Å². The third-order valence-corrected chi connectivity index (χ3v) is 5.16. The molecule has 18 heavy (non-hydrogen) atoms. The zero-order valence-electron chi connectivity index (χ0n) is 11.9. The van der Waals surface area contributed by atoms with Gasteiger partial charge in [0.2, 0.25) is 0 Å². The second-order valence-corrected chi connectivity index (χ2v) is 6.23. The van der Waals surface area contributed by atoms with Crippen molar-refractivity contribution < 1.29 is 4.74 Å². The van der Waals surface area contributed by atoms with E-state index in [9.17, 15) is 0 Å². The van der Waals surface area contributed by atoms with Gasteiger partial charge in [0.15, 0.2) is 0 Å². The molecule has 0 N–H and O–H groups in total. The summed E-state index contributed by atoms with van der Waals surface area (Å²) >= 11 is 1.80. The fourth-order valence-corrected chi connectivity index (χ4v) is 3.90. The lowest BCUT2D eigenvalue weighted by Gasteiger charge is -2.35. The summed E-state index contributed by atoms with van der Waals surface area (Å²) in [5.41, 5.74) is 1.19. The van der Waals surface area contributed by atoms with E-state index in [1.807, 2.05) is 0 Å². The molecule has 1 saturated carbocycles. The molecule has 2 nitrogen and oxygen atoms in total. The minimum absolute atomic E-state index is 0.0661. The molecule has 1 unspecified atom stereocenters. The van der Waals surface area contributed by atoms with Crippen molar-refractivity contribution in [1.82, 2.24) is 4.98 Å². The average Bonchev–Trinajstić information content (AvgIpc) is 2.89. The lowest BCUT2D eigenvalue weighted by atomic mass is 9.85. The van der Waals surface area contributed by atoms with Crippen molar-refractivity contribution in [2.24, 2.45) is 0 Å². The average molecular weight is 267 g/mol. The Labute approximate surface area is 115 Å². The Balaban J connectivity index is 2.22. The molecule has 1 aliphatic carbocycles. The van der Waals surface area contributed by atoms with Gasteiger partial charge in [-0.2, -0.15) is 0 Å². The topological polar surface area (TPSA) is 22.1 Å².